The van der Waals surface area contributed by atoms with Crippen molar-refractivity contribution in [3.63, 3.8) is 0 Å². The summed E-state index contributed by atoms with van der Waals surface area (Å²) in [6.45, 7) is 0.372. The number of benzene rings is 2. The molecule has 7 nitrogen and oxygen atoms in total. The van der Waals surface area contributed by atoms with Crippen LogP contribution in [0.3, 0.4) is 0 Å². The maximum atomic E-state index is 13.2. The molecule has 0 aliphatic carbocycles. The van der Waals surface area contributed by atoms with Crippen molar-refractivity contribution < 1.29 is 13.9 Å². The highest BCUT2D eigenvalue weighted by Crippen LogP contribution is 2.31. The van der Waals surface area contributed by atoms with Gasteiger partial charge in [-0.15, -0.1) is 0 Å². The Morgan fingerprint density at radius 1 is 1.09 bits per heavy atom. The maximum Gasteiger partial charge on any atom is 0.276 e. The number of rotatable bonds is 7. The van der Waals surface area contributed by atoms with Gasteiger partial charge in [-0.2, -0.15) is 10.2 Å². The van der Waals surface area contributed by atoms with Gasteiger partial charge in [0.25, 0.3) is 5.91 Å². The average Bonchev–Trinajstić information content (AvgIpc) is 3.41. The first-order chi connectivity index (χ1) is 15.4. The third kappa shape index (κ3) is 5.21. The van der Waals surface area contributed by atoms with Gasteiger partial charge in [-0.1, -0.05) is 46.9 Å². The summed E-state index contributed by atoms with van der Waals surface area (Å²) in [6.07, 6.45) is 4.74. The van der Waals surface area contributed by atoms with E-state index in [0.717, 1.165) is 0 Å². The van der Waals surface area contributed by atoms with Crippen LogP contribution in [-0.4, -0.2) is 25.5 Å². The quantitative estimate of drug-likeness (QED) is 0.367. The van der Waals surface area contributed by atoms with Gasteiger partial charge in [0.1, 0.15) is 16.6 Å². The number of ether oxygens (including phenoxy) is 1. The van der Waals surface area contributed by atoms with E-state index in [4.69, 9.17) is 39.5 Å². The van der Waals surface area contributed by atoms with Gasteiger partial charge in [0.05, 0.1) is 23.5 Å². The third-order valence-corrected chi connectivity index (χ3v) is 5.53. The van der Waals surface area contributed by atoms with Gasteiger partial charge < -0.3 is 10.1 Å². The molecule has 0 saturated heterocycles. The van der Waals surface area contributed by atoms with E-state index in [0.29, 0.717) is 38.6 Å². The predicted octanol–water partition coefficient (Wildman–Crippen LogP) is 5.52. The fourth-order valence-corrected chi connectivity index (χ4v) is 3.39. The highest BCUT2D eigenvalue weighted by molar-refractivity contribution is 6.42. The van der Waals surface area contributed by atoms with Crippen LogP contribution in [0.15, 0.2) is 61.1 Å². The first-order valence-electron chi connectivity index (χ1n) is 9.27. The normalized spacial score (nSPS) is 10.9. The minimum absolute atomic E-state index is 0.0453. The highest BCUT2D eigenvalue weighted by atomic mass is 35.5. The summed E-state index contributed by atoms with van der Waals surface area (Å²) < 4.78 is 21.8. The van der Waals surface area contributed by atoms with Gasteiger partial charge >= 0.3 is 0 Å². The summed E-state index contributed by atoms with van der Waals surface area (Å²) in [5, 5.41) is 12.1. The van der Waals surface area contributed by atoms with E-state index in [1.54, 1.807) is 47.4 Å². The van der Waals surface area contributed by atoms with Crippen molar-refractivity contribution in [1.82, 2.24) is 19.6 Å². The Balaban J connectivity index is 1.35. The van der Waals surface area contributed by atoms with Crippen LogP contribution in [0.25, 0.3) is 0 Å². The molecule has 2 aromatic carbocycles. The molecule has 2 heterocycles. The molecule has 4 rings (SSSR count). The molecule has 0 unspecified atom stereocenters. The molecule has 2 aromatic heterocycles. The lowest BCUT2D eigenvalue weighted by molar-refractivity contribution is 0.102. The van der Waals surface area contributed by atoms with Crippen molar-refractivity contribution in [3.05, 3.63) is 93.2 Å². The Bertz CT molecular complexity index is 1270. The highest BCUT2D eigenvalue weighted by Gasteiger charge is 2.13. The molecular formula is C21H15Cl3FN5O2. The number of carbonyl (C=O) groups excluding carboxylic acids is 1. The predicted molar refractivity (Wildman–Crippen MR) is 120 cm³/mol. The number of nitrogens with zero attached hydrogens (tertiary/aromatic N) is 4. The number of amides is 1. The zero-order valence-electron chi connectivity index (χ0n) is 16.3. The average molecular weight is 495 g/mol. The van der Waals surface area contributed by atoms with Crippen LogP contribution in [0.2, 0.25) is 15.1 Å². The van der Waals surface area contributed by atoms with E-state index in [-0.39, 0.29) is 12.4 Å². The van der Waals surface area contributed by atoms with Crippen molar-refractivity contribution in [1.29, 1.82) is 0 Å². The van der Waals surface area contributed by atoms with Crippen molar-refractivity contribution in [3.8, 4) is 5.75 Å². The van der Waals surface area contributed by atoms with E-state index in [1.807, 2.05) is 0 Å². The van der Waals surface area contributed by atoms with Crippen LogP contribution in [0.1, 0.15) is 16.1 Å². The van der Waals surface area contributed by atoms with Gasteiger partial charge in [0.15, 0.2) is 12.4 Å². The van der Waals surface area contributed by atoms with Gasteiger partial charge in [0, 0.05) is 17.4 Å². The summed E-state index contributed by atoms with van der Waals surface area (Å²) in [6, 6.07) is 10.8. The topological polar surface area (TPSA) is 74.0 Å². The summed E-state index contributed by atoms with van der Waals surface area (Å²) in [7, 11) is 0. The molecule has 11 heteroatoms. The van der Waals surface area contributed by atoms with E-state index < -0.39 is 11.7 Å². The summed E-state index contributed by atoms with van der Waals surface area (Å²) in [5.74, 6) is -0.411. The number of hydrogen-bond acceptors (Lipinski definition) is 4. The Kier molecular flexibility index (Phi) is 6.64. The third-order valence-electron chi connectivity index (χ3n) is 4.38. The summed E-state index contributed by atoms with van der Waals surface area (Å²) >= 11 is 18.1. The largest absolute Gasteiger partial charge is 0.470 e. The van der Waals surface area contributed by atoms with Crippen LogP contribution >= 0.6 is 34.8 Å². The zero-order valence-corrected chi connectivity index (χ0v) is 18.6. The molecular weight excluding hydrogens is 480 g/mol. The van der Waals surface area contributed by atoms with Gasteiger partial charge in [-0.25, -0.2) is 9.07 Å². The number of nitrogens with one attached hydrogen (secondary N) is 1. The summed E-state index contributed by atoms with van der Waals surface area (Å²) in [4.78, 5) is 12.5. The molecule has 0 aliphatic heterocycles. The minimum atomic E-state index is -0.413. The molecule has 1 N–H and O–H groups in total. The molecule has 0 fully saturated rings. The van der Waals surface area contributed by atoms with Crippen LogP contribution < -0.4 is 10.1 Å². The van der Waals surface area contributed by atoms with Crippen molar-refractivity contribution in [2.45, 2.75) is 13.3 Å². The maximum absolute atomic E-state index is 13.2. The SMILES string of the molecule is O=C(Nc1cnn(Cc2ccc(F)cc2Cl)c1)c1ccn(COc2cccc(Cl)c2Cl)n1. The van der Waals surface area contributed by atoms with Crippen LogP contribution in [-0.2, 0) is 13.3 Å². The Hall–Kier alpha value is -3.07. The van der Waals surface area contributed by atoms with Crippen molar-refractivity contribution in [2.24, 2.45) is 0 Å². The molecule has 0 aliphatic rings. The second-order valence-electron chi connectivity index (χ2n) is 6.68. The molecule has 0 atom stereocenters. The molecule has 0 spiro atoms. The van der Waals surface area contributed by atoms with Gasteiger partial charge in [0.2, 0.25) is 0 Å². The number of halogens is 4. The first-order valence-corrected chi connectivity index (χ1v) is 10.4. The van der Waals surface area contributed by atoms with Crippen molar-refractivity contribution >= 4 is 46.4 Å². The lowest BCUT2D eigenvalue weighted by Gasteiger charge is -2.08. The zero-order chi connectivity index (χ0) is 22.7. The Labute approximate surface area is 197 Å². The van der Waals surface area contributed by atoms with Gasteiger partial charge in [-0.3, -0.25) is 9.48 Å². The first kappa shape index (κ1) is 22.1. The van der Waals surface area contributed by atoms with E-state index in [1.165, 1.54) is 23.0 Å². The molecule has 0 bridgehead atoms. The molecule has 164 valence electrons. The van der Waals surface area contributed by atoms with E-state index in [9.17, 15) is 9.18 Å². The lowest BCUT2D eigenvalue weighted by Crippen LogP contribution is -2.14. The molecule has 1 amide bonds. The Morgan fingerprint density at radius 3 is 2.75 bits per heavy atom. The van der Waals surface area contributed by atoms with E-state index in [2.05, 4.69) is 15.5 Å². The van der Waals surface area contributed by atoms with Crippen LogP contribution in [0.5, 0.6) is 5.75 Å². The smallest absolute Gasteiger partial charge is 0.276 e. The minimum Gasteiger partial charge on any atom is -0.470 e. The molecule has 0 radical (unpaired) electrons. The summed E-state index contributed by atoms with van der Waals surface area (Å²) in [5.41, 5.74) is 1.37. The number of hydrogen-bond donors (Lipinski definition) is 1. The molecule has 0 saturated carbocycles. The Morgan fingerprint density at radius 2 is 1.94 bits per heavy atom. The fraction of sp³-hybridized carbons (Fsp3) is 0.0952. The fourth-order valence-electron chi connectivity index (χ4n) is 2.82. The lowest BCUT2D eigenvalue weighted by atomic mass is 10.2. The molecule has 32 heavy (non-hydrogen) atoms. The van der Waals surface area contributed by atoms with Crippen molar-refractivity contribution in [2.75, 3.05) is 5.32 Å². The number of aromatic nitrogens is 4. The van der Waals surface area contributed by atoms with Crippen LogP contribution in [0, 0.1) is 5.82 Å². The number of anilines is 1. The standard InChI is InChI=1S/C21H15Cl3FN5O2/c22-16-2-1-3-19(20(16)24)32-12-29-7-6-18(28-29)21(31)27-15-9-26-30(11-15)10-13-4-5-14(25)8-17(13)23/h1-9,11H,10,12H2,(H,27,31). The second-order valence-corrected chi connectivity index (χ2v) is 7.87. The van der Waals surface area contributed by atoms with Gasteiger partial charge in [-0.05, 0) is 35.9 Å². The number of carbonyl (C=O) groups is 1. The van der Waals surface area contributed by atoms with Crippen LogP contribution in [0.4, 0.5) is 10.1 Å². The van der Waals surface area contributed by atoms with E-state index >= 15 is 0 Å². The monoisotopic (exact) mass is 493 g/mol. The molecule has 4 aromatic rings. The second kappa shape index (κ2) is 9.60.